The number of aromatic carboxylic acids is 1. The minimum atomic E-state index is -0.949. The van der Waals surface area contributed by atoms with Gasteiger partial charge in [-0.25, -0.2) is 4.79 Å². The van der Waals surface area contributed by atoms with Gasteiger partial charge in [-0.2, -0.15) is 0 Å². The van der Waals surface area contributed by atoms with Crippen molar-refractivity contribution in [2.24, 2.45) is 5.92 Å². The van der Waals surface area contributed by atoms with E-state index in [1.807, 2.05) is 4.90 Å². The van der Waals surface area contributed by atoms with Gasteiger partial charge in [0.2, 0.25) is 5.91 Å². The normalized spacial score (nSPS) is 16.6. The summed E-state index contributed by atoms with van der Waals surface area (Å²) in [6.07, 6.45) is 3.77. The molecule has 2 heterocycles. The molecule has 0 unspecified atom stereocenters. The Kier molecular flexibility index (Phi) is 3.93. The smallest absolute Gasteiger partial charge is 0.337 e. The topological polar surface area (TPSA) is 62.5 Å². The summed E-state index contributed by atoms with van der Waals surface area (Å²) in [4.78, 5) is 25.0. The molecule has 1 aromatic heterocycles. The van der Waals surface area contributed by atoms with Crippen LogP contribution in [0.1, 0.15) is 35.8 Å². The highest BCUT2D eigenvalue weighted by Gasteiger charge is 2.21. The van der Waals surface area contributed by atoms with Gasteiger partial charge in [-0.3, -0.25) is 4.79 Å². The number of carbonyl (C=O) groups excluding carboxylic acids is 1. The van der Waals surface area contributed by atoms with Crippen molar-refractivity contribution in [2.45, 2.75) is 33.2 Å². The molecule has 1 saturated heterocycles. The quantitative estimate of drug-likeness (QED) is 0.904. The number of likely N-dealkylation sites (tertiary alicyclic amines) is 1. The monoisotopic (exact) mass is 264 g/mol. The fourth-order valence-corrected chi connectivity index (χ4v) is 2.45. The van der Waals surface area contributed by atoms with Crippen LogP contribution in [0.4, 0.5) is 0 Å². The predicted molar refractivity (Wildman–Crippen MR) is 71.1 cm³/mol. The van der Waals surface area contributed by atoms with Crippen molar-refractivity contribution in [1.29, 1.82) is 0 Å². The predicted octanol–water partition coefficient (Wildman–Crippen LogP) is 1.75. The van der Waals surface area contributed by atoms with Crippen LogP contribution in [0.2, 0.25) is 0 Å². The van der Waals surface area contributed by atoms with Gasteiger partial charge in [0.25, 0.3) is 0 Å². The molecule has 1 aliphatic rings. The Morgan fingerprint density at radius 1 is 1.37 bits per heavy atom. The van der Waals surface area contributed by atoms with E-state index in [-0.39, 0.29) is 18.0 Å². The SMILES string of the molecule is Cc1c(C(=O)O)ccn1CC(=O)N1CCC(C)CC1. The Balaban J connectivity index is 2.01. The zero-order chi connectivity index (χ0) is 14.0. The van der Waals surface area contributed by atoms with Gasteiger partial charge in [-0.15, -0.1) is 0 Å². The molecule has 5 heteroatoms. The van der Waals surface area contributed by atoms with Crippen molar-refractivity contribution in [1.82, 2.24) is 9.47 Å². The van der Waals surface area contributed by atoms with Crippen LogP contribution in [0, 0.1) is 12.8 Å². The molecule has 1 aliphatic heterocycles. The van der Waals surface area contributed by atoms with E-state index >= 15 is 0 Å². The van der Waals surface area contributed by atoms with Crippen molar-refractivity contribution in [3.8, 4) is 0 Å². The maximum absolute atomic E-state index is 12.2. The number of carbonyl (C=O) groups is 2. The lowest BCUT2D eigenvalue weighted by Crippen LogP contribution is -2.39. The van der Waals surface area contributed by atoms with Crippen LogP contribution in [-0.4, -0.2) is 39.5 Å². The molecule has 19 heavy (non-hydrogen) atoms. The first-order valence-electron chi connectivity index (χ1n) is 6.66. The van der Waals surface area contributed by atoms with Crippen LogP contribution in [0.25, 0.3) is 0 Å². The number of hydrogen-bond donors (Lipinski definition) is 1. The average molecular weight is 264 g/mol. The van der Waals surface area contributed by atoms with Crippen LogP contribution >= 0.6 is 0 Å². The number of carboxylic acids is 1. The summed E-state index contributed by atoms with van der Waals surface area (Å²) in [6, 6.07) is 1.54. The summed E-state index contributed by atoms with van der Waals surface area (Å²) in [6.45, 7) is 5.79. The number of hydrogen-bond acceptors (Lipinski definition) is 2. The summed E-state index contributed by atoms with van der Waals surface area (Å²) in [5, 5.41) is 8.98. The summed E-state index contributed by atoms with van der Waals surface area (Å²) >= 11 is 0. The van der Waals surface area contributed by atoms with Gasteiger partial charge in [0.05, 0.1) is 5.56 Å². The molecular weight excluding hydrogens is 244 g/mol. The van der Waals surface area contributed by atoms with Crippen LogP contribution in [0.5, 0.6) is 0 Å². The highest BCUT2D eigenvalue weighted by Crippen LogP contribution is 2.17. The summed E-state index contributed by atoms with van der Waals surface area (Å²) in [7, 11) is 0. The molecule has 104 valence electrons. The number of piperidine rings is 1. The van der Waals surface area contributed by atoms with E-state index in [1.54, 1.807) is 23.8 Å². The lowest BCUT2D eigenvalue weighted by Gasteiger charge is -2.30. The molecule has 0 aliphatic carbocycles. The summed E-state index contributed by atoms with van der Waals surface area (Å²) < 4.78 is 1.71. The van der Waals surface area contributed by atoms with Gasteiger partial charge in [0.1, 0.15) is 6.54 Å². The summed E-state index contributed by atoms with van der Waals surface area (Å²) in [5.41, 5.74) is 0.895. The van der Waals surface area contributed by atoms with Crippen molar-refractivity contribution in [2.75, 3.05) is 13.1 Å². The van der Waals surface area contributed by atoms with E-state index in [9.17, 15) is 9.59 Å². The third-order valence-electron chi connectivity index (χ3n) is 3.91. The fourth-order valence-electron chi connectivity index (χ4n) is 2.45. The first kappa shape index (κ1) is 13.6. The molecule has 0 bridgehead atoms. The summed E-state index contributed by atoms with van der Waals surface area (Å²) in [5.74, 6) is -0.186. The molecule has 0 spiro atoms. The van der Waals surface area contributed by atoms with Gasteiger partial charge in [0, 0.05) is 25.0 Å². The van der Waals surface area contributed by atoms with E-state index in [2.05, 4.69) is 6.92 Å². The Labute approximate surface area is 112 Å². The first-order chi connectivity index (χ1) is 8.99. The molecule has 1 fully saturated rings. The van der Waals surface area contributed by atoms with Gasteiger partial charge in [-0.05, 0) is 31.7 Å². The van der Waals surface area contributed by atoms with Gasteiger partial charge in [0.15, 0.2) is 0 Å². The van der Waals surface area contributed by atoms with Crippen LogP contribution in [-0.2, 0) is 11.3 Å². The molecule has 0 radical (unpaired) electrons. The zero-order valence-electron chi connectivity index (χ0n) is 11.4. The third kappa shape index (κ3) is 2.97. The second-order valence-electron chi connectivity index (χ2n) is 5.31. The number of rotatable bonds is 3. The lowest BCUT2D eigenvalue weighted by atomic mass is 9.99. The minimum absolute atomic E-state index is 0.0718. The highest BCUT2D eigenvalue weighted by atomic mass is 16.4. The average Bonchev–Trinajstić information content (AvgIpc) is 2.72. The van der Waals surface area contributed by atoms with E-state index < -0.39 is 5.97 Å². The van der Waals surface area contributed by atoms with E-state index in [4.69, 9.17) is 5.11 Å². The van der Waals surface area contributed by atoms with E-state index in [1.165, 1.54) is 0 Å². The lowest BCUT2D eigenvalue weighted by molar-refractivity contribution is -0.133. The van der Waals surface area contributed by atoms with E-state index in [0.717, 1.165) is 25.9 Å². The maximum Gasteiger partial charge on any atom is 0.337 e. The number of aromatic nitrogens is 1. The number of nitrogens with zero attached hydrogens (tertiary/aromatic N) is 2. The van der Waals surface area contributed by atoms with Crippen LogP contribution in [0.3, 0.4) is 0 Å². The molecule has 1 aromatic rings. The Morgan fingerprint density at radius 2 is 2.00 bits per heavy atom. The number of amides is 1. The van der Waals surface area contributed by atoms with E-state index in [0.29, 0.717) is 11.6 Å². The van der Waals surface area contributed by atoms with Gasteiger partial charge >= 0.3 is 5.97 Å². The molecule has 0 atom stereocenters. The fraction of sp³-hybridized carbons (Fsp3) is 0.571. The van der Waals surface area contributed by atoms with Crippen molar-refractivity contribution < 1.29 is 14.7 Å². The Hall–Kier alpha value is -1.78. The Bertz CT molecular complexity index is 485. The standard InChI is InChI=1S/C14H20N2O3/c1-10-3-6-15(7-4-10)13(17)9-16-8-5-12(11(16)2)14(18)19/h5,8,10H,3-4,6-7,9H2,1-2H3,(H,18,19). The molecule has 0 saturated carbocycles. The minimum Gasteiger partial charge on any atom is -0.478 e. The second-order valence-corrected chi connectivity index (χ2v) is 5.31. The first-order valence-corrected chi connectivity index (χ1v) is 6.66. The molecule has 1 amide bonds. The van der Waals surface area contributed by atoms with Crippen molar-refractivity contribution >= 4 is 11.9 Å². The largest absolute Gasteiger partial charge is 0.478 e. The van der Waals surface area contributed by atoms with Gasteiger partial charge < -0.3 is 14.6 Å². The van der Waals surface area contributed by atoms with Crippen LogP contribution in [0.15, 0.2) is 12.3 Å². The molecular formula is C14H20N2O3. The van der Waals surface area contributed by atoms with Crippen LogP contribution < -0.4 is 0 Å². The maximum atomic E-state index is 12.2. The van der Waals surface area contributed by atoms with Crippen molar-refractivity contribution in [3.05, 3.63) is 23.5 Å². The molecule has 5 nitrogen and oxygen atoms in total. The molecule has 2 rings (SSSR count). The molecule has 0 aromatic carbocycles. The highest BCUT2D eigenvalue weighted by molar-refractivity contribution is 5.89. The second kappa shape index (κ2) is 5.47. The Morgan fingerprint density at radius 3 is 2.53 bits per heavy atom. The number of carboxylic acid groups (broad SMARTS) is 1. The third-order valence-corrected chi connectivity index (χ3v) is 3.91. The van der Waals surface area contributed by atoms with Gasteiger partial charge in [-0.1, -0.05) is 6.92 Å². The zero-order valence-corrected chi connectivity index (χ0v) is 11.4. The molecule has 1 N–H and O–H groups in total. The van der Waals surface area contributed by atoms with Crippen molar-refractivity contribution in [3.63, 3.8) is 0 Å².